The maximum atomic E-state index is 12.1. The normalized spacial score (nSPS) is 11.3. The van der Waals surface area contributed by atoms with Gasteiger partial charge in [0.05, 0.1) is 11.8 Å². The van der Waals surface area contributed by atoms with E-state index in [9.17, 15) is 9.90 Å². The van der Waals surface area contributed by atoms with Crippen molar-refractivity contribution in [1.29, 1.82) is 0 Å². The van der Waals surface area contributed by atoms with Gasteiger partial charge in [0, 0.05) is 5.56 Å². The fourth-order valence-corrected chi connectivity index (χ4v) is 2.31. The molecule has 0 aliphatic rings. The standard InChI is InChI=1S/C20H23N3O2/c1-14(2)15-9-7-10-17(12-15)20(3,4)22-19(25)23-21-13-16-8-5-6-11-18(16)24/h5-13,24H,1H2,2-4H3,(H2,22,23,25)/b21-13+. The first-order valence-corrected chi connectivity index (χ1v) is 7.95. The quantitative estimate of drug-likeness (QED) is 0.570. The maximum absolute atomic E-state index is 12.1. The zero-order chi connectivity index (χ0) is 18.4. The third-order valence-electron chi connectivity index (χ3n) is 3.81. The predicted octanol–water partition coefficient (Wildman–Crippen LogP) is 3.99. The number of rotatable bonds is 5. The zero-order valence-electron chi connectivity index (χ0n) is 14.7. The summed E-state index contributed by atoms with van der Waals surface area (Å²) < 4.78 is 0. The van der Waals surface area contributed by atoms with Gasteiger partial charge in [-0.1, -0.05) is 42.5 Å². The smallest absolute Gasteiger partial charge is 0.335 e. The van der Waals surface area contributed by atoms with Crippen LogP contribution in [0.15, 0.2) is 60.2 Å². The number of hydrazone groups is 1. The molecule has 3 N–H and O–H groups in total. The second-order valence-corrected chi connectivity index (χ2v) is 6.37. The Hall–Kier alpha value is -3.08. The summed E-state index contributed by atoms with van der Waals surface area (Å²) in [6.07, 6.45) is 1.39. The average molecular weight is 337 g/mol. The van der Waals surface area contributed by atoms with Crippen molar-refractivity contribution < 1.29 is 9.90 Å². The fraction of sp³-hybridized carbons (Fsp3) is 0.200. The number of aromatic hydroxyl groups is 1. The Kier molecular flexibility index (Phi) is 5.60. The molecule has 2 amide bonds. The minimum absolute atomic E-state index is 0.102. The highest BCUT2D eigenvalue weighted by Crippen LogP contribution is 2.23. The lowest BCUT2D eigenvalue weighted by Crippen LogP contribution is -2.45. The predicted molar refractivity (Wildman–Crippen MR) is 102 cm³/mol. The SMILES string of the molecule is C=C(C)c1cccc(C(C)(C)NC(=O)N/N=C/c2ccccc2O)c1. The minimum atomic E-state index is -0.583. The van der Waals surface area contributed by atoms with Gasteiger partial charge in [-0.3, -0.25) is 0 Å². The number of amides is 2. The number of nitrogens with one attached hydrogen (secondary N) is 2. The van der Waals surface area contributed by atoms with Gasteiger partial charge in [-0.2, -0.15) is 5.10 Å². The topological polar surface area (TPSA) is 73.7 Å². The molecule has 130 valence electrons. The Morgan fingerprint density at radius 3 is 2.60 bits per heavy atom. The van der Waals surface area contributed by atoms with Crippen LogP contribution in [0.3, 0.4) is 0 Å². The highest BCUT2D eigenvalue weighted by Gasteiger charge is 2.23. The summed E-state index contributed by atoms with van der Waals surface area (Å²) in [6, 6.07) is 14.2. The van der Waals surface area contributed by atoms with Gasteiger partial charge in [0.25, 0.3) is 0 Å². The number of phenolic OH excluding ortho intramolecular Hbond substituents is 1. The molecule has 2 aromatic rings. The molecule has 0 spiro atoms. The highest BCUT2D eigenvalue weighted by atomic mass is 16.3. The van der Waals surface area contributed by atoms with E-state index in [4.69, 9.17) is 0 Å². The minimum Gasteiger partial charge on any atom is -0.507 e. The highest BCUT2D eigenvalue weighted by molar-refractivity contribution is 5.84. The number of allylic oxidation sites excluding steroid dienone is 1. The van der Waals surface area contributed by atoms with E-state index in [1.54, 1.807) is 24.3 Å². The van der Waals surface area contributed by atoms with Gasteiger partial charge in [0.15, 0.2) is 0 Å². The van der Waals surface area contributed by atoms with Crippen LogP contribution in [0.4, 0.5) is 4.79 Å². The number of hydrogen-bond acceptors (Lipinski definition) is 3. The van der Waals surface area contributed by atoms with Crippen molar-refractivity contribution >= 4 is 17.8 Å². The molecule has 0 aromatic heterocycles. The molecular weight excluding hydrogens is 314 g/mol. The van der Waals surface area contributed by atoms with Crippen LogP contribution in [0.2, 0.25) is 0 Å². The molecule has 0 aliphatic carbocycles. The number of benzene rings is 2. The van der Waals surface area contributed by atoms with E-state index < -0.39 is 11.6 Å². The van der Waals surface area contributed by atoms with Crippen molar-refractivity contribution in [3.63, 3.8) is 0 Å². The van der Waals surface area contributed by atoms with E-state index in [-0.39, 0.29) is 5.75 Å². The second kappa shape index (κ2) is 7.66. The largest absolute Gasteiger partial charge is 0.507 e. The number of para-hydroxylation sites is 1. The van der Waals surface area contributed by atoms with Crippen LogP contribution >= 0.6 is 0 Å². The molecule has 0 saturated heterocycles. The van der Waals surface area contributed by atoms with Gasteiger partial charge in [0.1, 0.15) is 5.75 Å². The third kappa shape index (κ3) is 4.94. The first-order chi connectivity index (χ1) is 11.8. The van der Waals surface area contributed by atoms with Crippen LogP contribution in [0.1, 0.15) is 37.5 Å². The van der Waals surface area contributed by atoms with Crippen LogP contribution in [0.5, 0.6) is 5.75 Å². The van der Waals surface area contributed by atoms with Crippen LogP contribution in [-0.2, 0) is 5.54 Å². The molecule has 2 rings (SSSR count). The fourth-order valence-electron chi connectivity index (χ4n) is 2.31. The number of nitrogens with zero attached hydrogens (tertiary/aromatic N) is 1. The van der Waals surface area contributed by atoms with Crippen LogP contribution in [0, 0.1) is 0 Å². The Balaban J connectivity index is 2.02. The molecule has 0 unspecified atom stereocenters. The summed E-state index contributed by atoms with van der Waals surface area (Å²) in [5.74, 6) is 0.102. The molecule has 5 heteroatoms. The van der Waals surface area contributed by atoms with E-state index in [0.717, 1.165) is 16.7 Å². The van der Waals surface area contributed by atoms with Crippen molar-refractivity contribution in [2.45, 2.75) is 26.3 Å². The second-order valence-electron chi connectivity index (χ2n) is 6.37. The van der Waals surface area contributed by atoms with E-state index in [1.807, 2.05) is 45.0 Å². The first-order valence-electron chi connectivity index (χ1n) is 7.95. The third-order valence-corrected chi connectivity index (χ3v) is 3.81. The number of phenols is 1. The summed E-state index contributed by atoms with van der Waals surface area (Å²) in [5.41, 5.74) is 5.32. The Labute approximate surface area is 148 Å². The number of carbonyl (C=O) groups is 1. The summed E-state index contributed by atoms with van der Waals surface area (Å²) in [6.45, 7) is 9.72. The number of carbonyl (C=O) groups excluding carboxylic acids is 1. The van der Waals surface area contributed by atoms with Gasteiger partial charge >= 0.3 is 6.03 Å². The molecule has 0 saturated carbocycles. The first kappa shape index (κ1) is 18.3. The molecule has 2 aromatic carbocycles. The van der Waals surface area contributed by atoms with Gasteiger partial charge in [0.2, 0.25) is 0 Å². The molecule has 0 fully saturated rings. The van der Waals surface area contributed by atoms with E-state index in [2.05, 4.69) is 22.4 Å². The van der Waals surface area contributed by atoms with Crippen LogP contribution < -0.4 is 10.7 Å². The van der Waals surface area contributed by atoms with Crippen LogP contribution in [0.25, 0.3) is 5.57 Å². The van der Waals surface area contributed by atoms with Gasteiger partial charge in [-0.15, -0.1) is 0 Å². The summed E-state index contributed by atoms with van der Waals surface area (Å²) in [4.78, 5) is 12.1. The maximum Gasteiger partial charge on any atom is 0.335 e. The van der Waals surface area contributed by atoms with Gasteiger partial charge in [-0.25, -0.2) is 10.2 Å². The Morgan fingerprint density at radius 1 is 1.20 bits per heavy atom. The summed E-state index contributed by atoms with van der Waals surface area (Å²) in [5, 5.41) is 16.4. The van der Waals surface area contributed by atoms with Gasteiger partial charge < -0.3 is 10.4 Å². The van der Waals surface area contributed by atoms with Crippen molar-refractivity contribution in [3.05, 3.63) is 71.8 Å². The summed E-state index contributed by atoms with van der Waals surface area (Å²) in [7, 11) is 0. The Bertz CT molecular complexity index is 810. The molecule has 0 aliphatic heterocycles. The number of hydrogen-bond donors (Lipinski definition) is 3. The van der Waals surface area contributed by atoms with E-state index >= 15 is 0 Å². The lowest BCUT2D eigenvalue weighted by molar-refractivity contribution is 0.230. The molecule has 0 heterocycles. The summed E-state index contributed by atoms with van der Waals surface area (Å²) >= 11 is 0. The molecular formula is C20H23N3O2. The lowest BCUT2D eigenvalue weighted by Gasteiger charge is -2.27. The molecule has 0 atom stereocenters. The van der Waals surface area contributed by atoms with Crippen molar-refractivity contribution in [2.75, 3.05) is 0 Å². The van der Waals surface area contributed by atoms with E-state index in [0.29, 0.717) is 5.56 Å². The zero-order valence-corrected chi connectivity index (χ0v) is 14.7. The Morgan fingerprint density at radius 2 is 1.92 bits per heavy atom. The molecule has 5 nitrogen and oxygen atoms in total. The van der Waals surface area contributed by atoms with Gasteiger partial charge in [-0.05, 0) is 50.1 Å². The lowest BCUT2D eigenvalue weighted by atomic mass is 9.92. The average Bonchev–Trinajstić information content (AvgIpc) is 2.56. The molecule has 25 heavy (non-hydrogen) atoms. The van der Waals surface area contributed by atoms with Crippen molar-refractivity contribution in [2.24, 2.45) is 5.10 Å². The van der Waals surface area contributed by atoms with Crippen molar-refractivity contribution in [3.8, 4) is 5.75 Å². The molecule has 0 bridgehead atoms. The molecule has 0 radical (unpaired) electrons. The van der Waals surface area contributed by atoms with E-state index in [1.165, 1.54) is 6.21 Å². The monoisotopic (exact) mass is 337 g/mol. The van der Waals surface area contributed by atoms with Crippen molar-refractivity contribution in [1.82, 2.24) is 10.7 Å². The van der Waals surface area contributed by atoms with Crippen LogP contribution in [-0.4, -0.2) is 17.4 Å². The number of urea groups is 1.